The number of aryl methyl sites for hydroxylation is 2. The van der Waals surface area contributed by atoms with Crippen molar-refractivity contribution in [1.29, 1.82) is 0 Å². The number of carbonyl (C=O) groups excluding carboxylic acids is 1. The van der Waals surface area contributed by atoms with Crippen molar-refractivity contribution in [2.75, 3.05) is 11.6 Å². The van der Waals surface area contributed by atoms with E-state index in [1.807, 2.05) is 26.0 Å². The van der Waals surface area contributed by atoms with Gasteiger partial charge in [0.1, 0.15) is 6.54 Å². The lowest BCUT2D eigenvalue weighted by atomic mass is 10.2. The summed E-state index contributed by atoms with van der Waals surface area (Å²) in [5, 5.41) is 10.8. The van der Waals surface area contributed by atoms with Crippen molar-refractivity contribution in [1.82, 2.24) is 4.68 Å². The predicted octanol–water partition coefficient (Wildman–Crippen LogP) is 2.62. The average molecular weight is 307 g/mol. The quantitative estimate of drug-likeness (QED) is 0.944. The summed E-state index contributed by atoms with van der Waals surface area (Å²) >= 11 is 5.81. The molecule has 0 saturated carbocycles. The lowest BCUT2D eigenvalue weighted by molar-refractivity contribution is -0.135. The van der Waals surface area contributed by atoms with Gasteiger partial charge in [-0.15, -0.1) is 0 Å². The van der Waals surface area contributed by atoms with Gasteiger partial charge in [-0.25, -0.2) is 5.01 Å². The molecule has 0 spiro atoms. The van der Waals surface area contributed by atoms with E-state index in [9.17, 15) is 9.59 Å². The monoisotopic (exact) mass is 306 g/mol. The molecule has 1 heterocycles. The van der Waals surface area contributed by atoms with Crippen LogP contribution in [0.1, 0.15) is 21.7 Å². The molecular formula is C15H15ClN2O3. The summed E-state index contributed by atoms with van der Waals surface area (Å²) in [6.07, 6.45) is 0. The lowest BCUT2D eigenvalue weighted by Gasteiger charge is -2.25. The van der Waals surface area contributed by atoms with E-state index in [1.54, 1.807) is 28.9 Å². The van der Waals surface area contributed by atoms with Crippen molar-refractivity contribution in [3.05, 3.63) is 58.4 Å². The van der Waals surface area contributed by atoms with Crippen LogP contribution in [0.3, 0.4) is 0 Å². The Morgan fingerprint density at radius 2 is 1.62 bits per heavy atom. The summed E-state index contributed by atoms with van der Waals surface area (Å²) in [5.41, 5.74) is 1.96. The molecule has 0 bridgehead atoms. The Hall–Kier alpha value is -2.27. The van der Waals surface area contributed by atoms with Gasteiger partial charge in [-0.1, -0.05) is 11.6 Å². The van der Waals surface area contributed by atoms with Gasteiger partial charge in [-0.05, 0) is 50.2 Å². The molecule has 0 aliphatic rings. The average Bonchev–Trinajstić information content (AvgIpc) is 2.76. The first-order chi connectivity index (χ1) is 9.90. The normalized spacial score (nSPS) is 10.4. The first-order valence-electron chi connectivity index (χ1n) is 6.34. The first-order valence-corrected chi connectivity index (χ1v) is 6.72. The van der Waals surface area contributed by atoms with Crippen LogP contribution in [0.25, 0.3) is 0 Å². The summed E-state index contributed by atoms with van der Waals surface area (Å²) in [6.45, 7) is 3.21. The number of carbonyl (C=O) groups is 2. The van der Waals surface area contributed by atoms with Crippen LogP contribution >= 0.6 is 11.6 Å². The number of carboxylic acid groups (broad SMARTS) is 1. The number of benzene rings is 1. The van der Waals surface area contributed by atoms with E-state index in [-0.39, 0.29) is 0 Å². The number of hydrogen-bond acceptors (Lipinski definition) is 2. The van der Waals surface area contributed by atoms with Crippen LogP contribution in [-0.2, 0) is 4.79 Å². The number of amides is 1. The van der Waals surface area contributed by atoms with Crippen molar-refractivity contribution >= 4 is 23.5 Å². The number of aliphatic carboxylic acids is 1. The summed E-state index contributed by atoms with van der Waals surface area (Å²) in [6, 6.07) is 10.0. The molecule has 1 N–H and O–H groups in total. The zero-order chi connectivity index (χ0) is 15.6. The van der Waals surface area contributed by atoms with Gasteiger partial charge in [0.2, 0.25) is 0 Å². The van der Waals surface area contributed by atoms with Crippen LogP contribution < -0.4 is 5.01 Å². The molecule has 6 heteroatoms. The summed E-state index contributed by atoms with van der Waals surface area (Å²) in [4.78, 5) is 23.7. The molecule has 2 rings (SSSR count). The zero-order valence-electron chi connectivity index (χ0n) is 11.7. The molecule has 5 nitrogen and oxygen atoms in total. The molecule has 1 amide bonds. The van der Waals surface area contributed by atoms with Gasteiger partial charge in [0, 0.05) is 22.0 Å². The smallest absolute Gasteiger partial charge is 0.325 e. The Balaban J connectivity index is 2.43. The molecule has 21 heavy (non-hydrogen) atoms. The molecule has 0 saturated heterocycles. The molecule has 1 aromatic carbocycles. The van der Waals surface area contributed by atoms with Crippen LogP contribution in [0.15, 0.2) is 36.4 Å². The fourth-order valence-electron chi connectivity index (χ4n) is 2.14. The van der Waals surface area contributed by atoms with E-state index < -0.39 is 18.4 Å². The maximum absolute atomic E-state index is 12.6. The first kappa shape index (κ1) is 15.1. The summed E-state index contributed by atoms with van der Waals surface area (Å²) in [5.74, 6) is -1.47. The molecule has 0 aliphatic heterocycles. The Labute approximate surface area is 127 Å². The van der Waals surface area contributed by atoms with Crippen molar-refractivity contribution in [2.24, 2.45) is 0 Å². The van der Waals surface area contributed by atoms with Crippen LogP contribution in [0.4, 0.5) is 0 Å². The molecule has 0 fully saturated rings. The maximum atomic E-state index is 12.6. The minimum atomic E-state index is -1.08. The predicted molar refractivity (Wildman–Crippen MR) is 80.4 cm³/mol. The number of aromatic nitrogens is 1. The third-order valence-corrected chi connectivity index (χ3v) is 3.34. The molecule has 0 aliphatic carbocycles. The SMILES string of the molecule is Cc1ccc(C)n1N(CC(=O)O)C(=O)c1ccc(Cl)cc1. The van der Waals surface area contributed by atoms with E-state index in [0.717, 1.165) is 11.4 Å². The van der Waals surface area contributed by atoms with Crippen LogP contribution in [-0.4, -0.2) is 28.2 Å². The van der Waals surface area contributed by atoms with E-state index in [4.69, 9.17) is 16.7 Å². The van der Waals surface area contributed by atoms with Gasteiger partial charge >= 0.3 is 5.97 Å². The number of rotatable bonds is 4. The fourth-order valence-corrected chi connectivity index (χ4v) is 2.27. The molecule has 1 aromatic heterocycles. The second kappa shape index (κ2) is 6.01. The topological polar surface area (TPSA) is 62.5 Å². The minimum Gasteiger partial charge on any atom is -0.480 e. The van der Waals surface area contributed by atoms with E-state index in [0.29, 0.717) is 10.6 Å². The van der Waals surface area contributed by atoms with Crippen LogP contribution in [0.5, 0.6) is 0 Å². The molecule has 0 atom stereocenters. The third kappa shape index (κ3) is 3.25. The zero-order valence-corrected chi connectivity index (χ0v) is 12.5. The van der Waals surface area contributed by atoms with E-state index in [2.05, 4.69) is 0 Å². The molecule has 0 unspecified atom stereocenters. The Morgan fingerprint density at radius 3 is 2.10 bits per heavy atom. The Morgan fingerprint density at radius 1 is 1.10 bits per heavy atom. The lowest BCUT2D eigenvalue weighted by Crippen LogP contribution is -2.45. The highest BCUT2D eigenvalue weighted by Gasteiger charge is 2.22. The Kier molecular flexibility index (Phi) is 4.33. The molecule has 110 valence electrons. The van der Waals surface area contributed by atoms with Gasteiger partial charge in [0.15, 0.2) is 0 Å². The second-order valence-corrected chi connectivity index (χ2v) is 5.13. The van der Waals surface area contributed by atoms with Crippen LogP contribution in [0.2, 0.25) is 5.02 Å². The van der Waals surface area contributed by atoms with E-state index in [1.165, 1.54) is 5.01 Å². The highest BCUT2D eigenvalue weighted by Crippen LogP contribution is 2.14. The standard InChI is InChI=1S/C15H15ClN2O3/c1-10-3-4-11(2)18(10)17(9-14(19)20)15(21)12-5-7-13(16)8-6-12/h3-8H,9H2,1-2H3,(H,19,20). The summed E-state index contributed by atoms with van der Waals surface area (Å²) < 4.78 is 1.60. The van der Waals surface area contributed by atoms with Crippen molar-refractivity contribution in [3.63, 3.8) is 0 Å². The number of carboxylic acids is 1. The Bertz CT molecular complexity index is 657. The molecule has 0 radical (unpaired) electrons. The molecule has 2 aromatic rings. The highest BCUT2D eigenvalue weighted by atomic mass is 35.5. The maximum Gasteiger partial charge on any atom is 0.325 e. The van der Waals surface area contributed by atoms with E-state index >= 15 is 0 Å². The van der Waals surface area contributed by atoms with Crippen molar-refractivity contribution < 1.29 is 14.7 Å². The van der Waals surface area contributed by atoms with Gasteiger partial charge in [0.05, 0.1) is 0 Å². The van der Waals surface area contributed by atoms with Gasteiger partial charge in [-0.2, -0.15) is 0 Å². The second-order valence-electron chi connectivity index (χ2n) is 4.69. The number of nitrogens with zero attached hydrogens (tertiary/aromatic N) is 2. The van der Waals surface area contributed by atoms with Crippen molar-refractivity contribution in [2.45, 2.75) is 13.8 Å². The highest BCUT2D eigenvalue weighted by molar-refractivity contribution is 6.30. The third-order valence-electron chi connectivity index (χ3n) is 3.09. The fraction of sp³-hybridized carbons (Fsp3) is 0.200. The largest absolute Gasteiger partial charge is 0.480 e. The summed E-state index contributed by atoms with van der Waals surface area (Å²) in [7, 11) is 0. The van der Waals surface area contributed by atoms with Crippen LogP contribution in [0, 0.1) is 13.8 Å². The van der Waals surface area contributed by atoms with Crippen molar-refractivity contribution in [3.8, 4) is 0 Å². The van der Waals surface area contributed by atoms with Gasteiger partial charge in [0.25, 0.3) is 5.91 Å². The minimum absolute atomic E-state index is 0.383. The van der Waals surface area contributed by atoms with Gasteiger partial charge < -0.3 is 5.11 Å². The molecular weight excluding hydrogens is 292 g/mol. The number of hydrogen-bond donors (Lipinski definition) is 1. The number of halogens is 1. The van der Waals surface area contributed by atoms with Gasteiger partial charge in [-0.3, -0.25) is 14.3 Å².